The molecule has 1 aliphatic heterocycles. The van der Waals surface area contributed by atoms with E-state index in [9.17, 15) is 9.59 Å². The second-order valence-electron chi connectivity index (χ2n) is 4.99. The summed E-state index contributed by atoms with van der Waals surface area (Å²) in [6.07, 6.45) is 3.70. The zero-order valence-corrected chi connectivity index (χ0v) is 12.7. The molecule has 1 atom stereocenters. The van der Waals surface area contributed by atoms with Gasteiger partial charge in [-0.3, -0.25) is 9.59 Å². The normalized spacial score (nSPS) is 15.2. The number of hydrogen-bond donors (Lipinski definition) is 0. The van der Waals surface area contributed by atoms with E-state index in [2.05, 4.69) is 0 Å². The molecule has 0 saturated carbocycles. The Morgan fingerprint density at radius 2 is 1.86 bits per heavy atom. The molecule has 0 radical (unpaired) electrons. The Kier molecular flexibility index (Phi) is 4.31. The lowest BCUT2D eigenvalue weighted by Crippen LogP contribution is -2.38. The van der Waals surface area contributed by atoms with Gasteiger partial charge in [-0.05, 0) is 43.2 Å². The number of ketones is 1. The van der Waals surface area contributed by atoms with Crippen molar-refractivity contribution >= 4 is 17.8 Å². The third kappa shape index (κ3) is 2.91. The van der Waals surface area contributed by atoms with E-state index in [1.54, 1.807) is 33.4 Å². The van der Waals surface area contributed by atoms with Gasteiger partial charge in [0.05, 0.1) is 26.7 Å². The number of fused-ring (bicyclic) bond motifs is 1. The molecular formula is C16H19NO4. The Labute approximate surface area is 124 Å². The molecule has 21 heavy (non-hydrogen) atoms. The molecule has 5 heteroatoms. The fourth-order valence-corrected chi connectivity index (χ4v) is 2.28. The van der Waals surface area contributed by atoms with Gasteiger partial charge in [0.1, 0.15) is 0 Å². The van der Waals surface area contributed by atoms with Crippen LogP contribution in [0.5, 0.6) is 11.5 Å². The highest BCUT2D eigenvalue weighted by atomic mass is 16.5. The van der Waals surface area contributed by atoms with Crippen molar-refractivity contribution in [2.45, 2.75) is 26.3 Å². The van der Waals surface area contributed by atoms with Crippen molar-refractivity contribution in [3.8, 4) is 11.5 Å². The first-order chi connectivity index (χ1) is 9.97. The fourth-order valence-electron chi connectivity index (χ4n) is 2.28. The number of Topliss-reactive ketones (excluding diaryl/α,β-unsaturated/α-hetero) is 1. The summed E-state index contributed by atoms with van der Waals surface area (Å²) in [4.78, 5) is 25.3. The van der Waals surface area contributed by atoms with Crippen LogP contribution < -0.4 is 9.47 Å². The van der Waals surface area contributed by atoms with E-state index in [1.807, 2.05) is 12.1 Å². The van der Waals surface area contributed by atoms with Gasteiger partial charge >= 0.3 is 0 Å². The van der Waals surface area contributed by atoms with Gasteiger partial charge in [-0.15, -0.1) is 0 Å². The van der Waals surface area contributed by atoms with Crippen molar-refractivity contribution in [3.05, 3.63) is 29.5 Å². The average molecular weight is 289 g/mol. The monoisotopic (exact) mass is 289 g/mol. The molecule has 1 aliphatic rings. The lowest BCUT2D eigenvalue weighted by molar-refractivity contribution is -0.134. The Morgan fingerprint density at radius 1 is 1.24 bits per heavy atom. The van der Waals surface area contributed by atoms with Crippen LogP contribution in [-0.4, -0.2) is 36.9 Å². The van der Waals surface area contributed by atoms with Gasteiger partial charge < -0.3 is 14.4 Å². The number of ether oxygens (including phenoxy) is 2. The highest BCUT2D eigenvalue weighted by molar-refractivity contribution is 5.90. The first-order valence-corrected chi connectivity index (χ1v) is 6.72. The first kappa shape index (κ1) is 15.1. The van der Waals surface area contributed by atoms with Gasteiger partial charge in [-0.1, -0.05) is 0 Å². The molecule has 0 spiro atoms. The Balaban J connectivity index is 2.42. The van der Waals surface area contributed by atoms with Crippen molar-refractivity contribution in [1.82, 2.24) is 4.90 Å². The molecular weight excluding hydrogens is 270 g/mol. The molecule has 0 saturated heterocycles. The molecule has 0 fully saturated rings. The van der Waals surface area contributed by atoms with E-state index in [1.165, 1.54) is 11.8 Å². The standard InChI is InChI=1S/C16H19NO4/c1-10(11(2)18)17-6-5-12-7-14(20-3)15(21-4)8-13(12)9-16(17)19/h5-8,10H,9H2,1-4H3/t10-/m0/s1. The van der Waals surface area contributed by atoms with E-state index in [0.29, 0.717) is 11.5 Å². The summed E-state index contributed by atoms with van der Waals surface area (Å²) in [5.41, 5.74) is 1.74. The lowest BCUT2D eigenvalue weighted by Gasteiger charge is -2.22. The Bertz CT molecular complexity index is 607. The second-order valence-corrected chi connectivity index (χ2v) is 4.99. The van der Waals surface area contributed by atoms with Crippen LogP contribution in [0.2, 0.25) is 0 Å². The maximum absolute atomic E-state index is 12.3. The second kappa shape index (κ2) is 5.99. The van der Waals surface area contributed by atoms with Crippen LogP contribution in [0.3, 0.4) is 0 Å². The third-order valence-corrected chi connectivity index (χ3v) is 3.70. The average Bonchev–Trinajstić information content (AvgIpc) is 2.62. The Hall–Kier alpha value is -2.30. The lowest BCUT2D eigenvalue weighted by atomic mass is 10.0. The number of benzene rings is 1. The smallest absolute Gasteiger partial charge is 0.231 e. The molecule has 1 aromatic rings. The van der Waals surface area contributed by atoms with E-state index < -0.39 is 6.04 Å². The molecule has 0 aliphatic carbocycles. The Morgan fingerprint density at radius 3 is 2.43 bits per heavy atom. The summed E-state index contributed by atoms with van der Waals surface area (Å²) in [5.74, 6) is 1.04. The van der Waals surface area contributed by atoms with Crippen molar-refractivity contribution in [3.63, 3.8) is 0 Å². The summed E-state index contributed by atoms with van der Waals surface area (Å²) in [5, 5.41) is 0. The molecule has 5 nitrogen and oxygen atoms in total. The van der Waals surface area contributed by atoms with Crippen molar-refractivity contribution in [2.75, 3.05) is 14.2 Å². The van der Waals surface area contributed by atoms with Crippen LogP contribution in [0.15, 0.2) is 18.3 Å². The predicted molar refractivity (Wildman–Crippen MR) is 79.3 cm³/mol. The molecule has 1 heterocycles. The number of carbonyl (C=O) groups excluding carboxylic acids is 2. The van der Waals surface area contributed by atoms with Gasteiger partial charge in [0.25, 0.3) is 0 Å². The third-order valence-electron chi connectivity index (χ3n) is 3.70. The summed E-state index contributed by atoms with van der Waals surface area (Å²) in [6, 6.07) is 3.17. The van der Waals surface area contributed by atoms with Crippen molar-refractivity contribution in [2.24, 2.45) is 0 Å². The predicted octanol–water partition coefficient (Wildman–Crippen LogP) is 2.04. The molecule has 1 amide bonds. The zero-order chi connectivity index (χ0) is 15.6. The molecule has 0 aromatic heterocycles. The van der Waals surface area contributed by atoms with Crippen LogP contribution >= 0.6 is 0 Å². The molecule has 0 unspecified atom stereocenters. The van der Waals surface area contributed by atoms with E-state index in [4.69, 9.17) is 9.47 Å². The number of rotatable bonds is 4. The van der Waals surface area contributed by atoms with Crippen LogP contribution in [0, 0.1) is 0 Å². The number of amides is 1. The highest BCUT2D eigenvalue weighted by Crippen LogP contribution is 2.32. The van der Waals surface area contributed by atoms with Crippen LogP contribution in [0.25, 0.3) is 6.08 Å². The fraction of sp³-hybridized carbons (Fsp3) is 0.375. The maximum atomic E-state index is 12.3. The minimum atomic E-state index is -0.466. The summed E-state index contributed by atoms with van der Waals surface area (Å²) in [7, 11) is 3.13. The van der Waals surface area contributed by atoms with E-state index >= 15 is 0 Å². The number of methoxy groups -OCH3 is 2. The largest absolute Gasteiger partial charge is 0.493 e. The van der Waals surface area contributed by atoms with E-state index in [0.717, 1.165) is 11.1 Å². The van der Waals surface area contributed by atoms with Gasteiger partial charge in [-0.2, -0.15) is 0 Å². The first-order valence-electron chi connectivity index (χ1n) is 6.72. The summed E-state index contributed by atoms with van der Waals surface area (Å²) in [6.45, 7) is 3.21. The van der Waals surface area contributed by atoms with Crippen molar-refractivity contribution < 1.29 is 19.1 Å². The summed E-state index contributed by atoms with van der Waals surface area (Å²) >= 11 is 0. The van der Waals surface area contributed by atoms with Crippen molar-refractivity contribution in [1.29, 1.82) is 0 Å². The quantitative estimate of drug-likeness (QED) is 0.851. The highest BCUT2D eigenvalue weighted by Gasteiger charge is 2.25. The summed E-state index contributed by atoms with van der Waals surface area (Å²) < 4.78 is 10.5. The molecule has 2 rings (SSSR count). The van der Waals surface area contributed by atoms with Crippen LogP contribution in [0.4, 0.5) is 0 Å². The van der Waals surface area contributed by atoms with E-state index in [-0.39, 0.29) is 18.1 Å². The molecule has 1 aromatic carbocycles. The SMILES string of the molecule is COc1cc2c(cc1OC)CC(=O)N([C@@H](C)C(C)=O)C=C2. The number of nitrogens with zero attached hydrogens (tertiary/aromatic N) is 1. The van der Waals surface area contributed by atoms with Gasteiger partial charge in [0.15, 0.2) is 17.3 Å². The minimum Gasteiger partial charge on any atom is -0.493 e. The van der Waals surface area contributed by atoms with Gasteiger partial charge in [-0.25, -0.2) is 0 Å². The molecule has 0 bridgehead atoms. The number of carbonyl (C=O) groups is 2. The minimum absolute atomic E-state index is 0.0471. The van der Waals surface area contributed by atoms with Crippen LogP contribution in [0.1, 0.15) is 25.0 Å². The topological polar surface area (TPSA) is 55.8 Å². The van der Waals surface area contributed by atoms with Crippen LogP contribution in [-0.2, 0) is 16.0 Å². The zero-order valence-electron chi connectivity index (χ0n) is 12.7. The van der Waals surface area contributed by atoms with Gasteiger partial charge in [0.2, 0.25) is 5.91 Å². The van der Waals surface area contributed by atoms with Gasteiger partial charge in [0, 0.05) is 6.20 Å². The maximum Gasteiger partial charge on any atom is 0.231 e. The molecule has 112 valence electrons. The number of hydrogen-bond acceptors (Lipinski definition) is 4. The molecule has 0 N–H and O–H groups in total.